The highest BCUT2D eigenvalue weighted by atomic mass is 35.5. The Hall–Kier alpha value is 0.390. The summed E-state index contributed by atoms with van der Waals surface area (Å²) in [6.07, 6.45) is 5.47. The second-order valence-electron chi connectivity index (χ2n) is 2.92. The Morgan fingerprint density at radius 1 is 1.12 bits per heavy atom. The lowest BCUT2D eigenvalue weighted by atomic mass is 10.2. The first-order valence-electron chi connectivity index (χ1n) is 4.84. The molecular formula is C10H18Cl2N2S2. The lowest BCUT2D eigenvalue weighted by molar-refractivity contribution is 0.733. The molecule has 0 saturated carbocycles. The van der Waals surface area contributed by atoms with Gasteiger partial charge in [0, 0.05) is 11.9 Å². The number of hydrogen-bond donors (Lipinski definition) is 1. The van der Waals surface area contributed by atoms with E-state index in [2.05, 4.69) is 4.98 Å². The lowest BCUT2D eigenvalue weighted by Gasteiger charge is -1.99. The van der Waals surface area contributed by atoms with E-state index in [-0.39, 0.29) is 24.8 Å². The molecule has 0 radical (unpaired) electrons. The van der Waals surface area contributed by atoms with E-state index in [1.54, 1.807) is 10.8 Å². The topological polar surface area (TPSA) is 38.9 Å². The highest BCUT2D eigenvalue weighted by Crippen LogP contribution is 2.29. The third-order valence-corrected chi connectivity index (χ3v) is 4.07. The van der Waals surface area contributed by atoms with Crippen molar-refractivity contribution in [1.82, 2.24) is 4.98 Å². The van der Waals surface area contributed by atoms with Crippen LogP contribution in [0.15, 0.2) is 29.4 Å². The van der Waals surface area contributed by atoms with Gasteiger partial charge in [-0.05, 0) is 42.3 Å². The first kappa shape index (κ1) is 18.7. The predicted molar refractivity (Wildman–Crippen MR) is 80.0 cm³/mol. The summed E-state index contributed by atoms with van der Waals surface area (Å²) < 4.78 is 0. The van der Waals surface area contributed by atoms with Gasteiger partial charge in [-0.3, -0.25) is 0 Å². The second kappa shape index (κ2) is 13.5. The zero-order valence-electron chi connectivity index (χ0n) is 9.00. The molecule has 2 nitrogen and oxygen atoms in total. The Balaban J connectivity index is 0. The molecule has 16 heavy (non-hydrogen) atoms. The third kappa shape index (κ3) is 9.60. The molecule has 2 N–H and O–H groups in total. The molecule has 1 aromatic heterocycles. The highest BCUT2D eigenvalue weighted by molar-refractivity contribution is 8.76. The van der Waals surface area contributed by atoms with Crippen LogP contribution in [0.3, 0.4) is 0 Å². The maximum absolute atomic E-state index is 5.41. The maximum Gasteiger partial charge on any atom is 0.106 e. The number of unbranched alkanes of at least 4 members (excludes halogenated alkanes) is 2. The van der Waals surface area contributed by atoms with Crippen LogP contribution in [0.25, 0.3) is 0 Å². The van der Waals surface area contributed by atoms with Crippen LogP contribution in [0.1, 0.15) is 19.3 Å². The van der Waals surface area contributed by atoms with Gasteiger partial charge in [0.2, 0.25) is 0 Å². The Bertz CT molecular complexity index is 238. The molecule has 0 saturated heterocycles. The van der Waals surface area contributed by atoms with Crippen molar-refractivity contribution in [3.63, 3.8) is 0 Å². The quantitative estimate of drug-likeness (QED) is 0.614. The largest absolute Gasteiger partial charge is 0.330 e. The minimum Gasteiger partial charge on any atom is -0.330 e. The summed E-state index contributed by atoms with van der Waals surface area (Å²) in [6, 6.07) is 6.00. The van der Waals surface area contributed by atoms with Gasteiger partial charge in [-0.25, -0.2) is 4.98 Å². The van der Waals surface area contributed by atoms with Gasteiger partial charge < -0.3 is 5.73 Å². The Kier molecular flexibility index (Phi) is 15.8. The molecule has 94 valence electrons. The molecule has 0 spiro atoms. The molecule has 1 rings (SSSR count). The van der Waals surface area contributed by atoms with Crippen molar-refractivity contribution in [1.29, 1.82) is 0 Å². The number of rotatable bonds is 7. The van der Waals surface area contributed by atoms with Gasteiger partial charge in [-0.1, -0.05) is 23.3 Å². The van der Waals surface area contributed by atoms with Crippen molar-refractivity contribution in [2.75, 3.05) is 12.3 Å². The summed E-state index contributed by atoms with van der Waals surface area (Å²) in [7, 11) is 3.62. The minimum absolute atomic E-state index is 0. The van der Waals surface area contributed by atoms with E-state index in [4.69, 9.17) is 5.73 Å². The zero-order chi connectivity index (χ0) is 10.1. The number of halogens is 2. The molecule has 0 atom stereocenters. The average Bonchev–Trinajstić information content (AvgIpc) is 2.25. The minimum atomic E-state index is 0. The van der Waals surface area contributed by atoms with E-state index in [0.29, 0.717) is 0 Å². The Morgan fingerprint density at radius 3 is 2.56 bits per heavy atom. The van der Waals surface area contributed by atoms with E-state index in [1.807, 2.05) is 35.2 Å². The molecule has 0 aliphatic carbocycles. The molecule has 0 aromatic carbocycles. The van der Waals surface area contributed by atoms with Crippen molar-refractivity contribution in [2.24, 2.45) is 5.73 Å². The van der Waals surface area contributed by atoms with Crippen molar-refractivity contribution in [3.05, 3.63) is 24.4 Å². The molecular weight excluding hydrogens is 283 g/mol. The van der Waals surface area contributed by atoms with Crippen LogP contribution >= 0.6 is 46.4 Å². The van der Waals surface area contributed by atoms with Gasteiger partial charge >= 0.3 is 0 Å². The summed E-state index contributed by atoms with van der Waals surface area (Å²) in [5.41, 5.74) is 5.41. The average molecular weight is 301 g/mol. The molecule has 0 aliphatic heterocycles. The predicted octanol–water partition coefficient (Wildman–Crippen LogP) is 3.79. The fraction of sp³-hybridized carbons (Fsp3) is 0.500. The molecule has 0 fully saturated rings. The maximum atomic E-state index is 5.41. The Morgan fingerprint density at radius 2 is 1.94 bits per heavy atom. The summed E-state index contributed by atoms with van der Waals surface area (Å²) >= 11 is 0. The van der Waals surface area contributed by atoms with Crippen LogP contribution in [-0.2, 0) is 0 Å². The van der Waals surface area contributed by atoms with Gasteiger partial charge in [0.1, 0.15) is 5.03 Å². The smallest absolute Gasteiger partial charge is 0.106 e. The van der Waals surface area contributed by atoms with Crippen LogP contribution in [0.2, 0.25) is 0 Å². The van der Waals surface area contributed by atoms with Crippen LogP contribution in [0.4, 0.5) is 0 Å². The highest BCUT2D eigenvalue weighted by Gasteiger charge is 1.94. The molecule has 6 heteroatoms. The SMILES string of the molecule is Cl.Cl.NCCCCCSSc1ccccn1. The summed E-state index contributed by atoms with van der Waals surface area (Å²) in [5.74, 6) is 1.18. The number of nitrogens with two attached hydrogens (primary N) is 1. The lowest BCUT2D eigenvalue weighted by Crippen LogP contribution is -1.97. The molecule has 0 unspecified atom stereocenters. The summed E-state index contributed by atoms with van der Waals surface area (Å²) in [6.45, 7) is 0.818. The van der Waals surface area contributed by atoms with Gasteiger partial charge in [0.15, 0.2) is 0 Å². The third-order valence-electron chi connectivity index (χ3n) is 1.71. The van der Waals surface area contributed by atoms with E-state index in [9.17, 15) is 0 Å². The number of nitrogens with zero attached hydrogens (tertiary/aromatic N) is 1. The molecule has 1 aromatic rings. The Labute approximate surface area is 118 Å². The molecule has 0 amide bonds. The normalized spacial score (nSPS) is 9.06. The number of hydrogen-bond acceptors (Lipinski definition) is 4. The van der Waals surface area contributed by atoms with Crippen molar-refractivity contribution in [2.45, 2.75) is 24.3 Å². The molecule has 1 heterocycles. The first-order valence-corrected chi connectivity index (χ1v) is 7.16. The monoisotopic (exact) mass is 300 g/mol. The second-order valence-corrected chi connectivity index (χ2v) is 5.36. The molecule has 0 aliphatic rings. The van der Waals surface area contributed by atoms with Gasteiger partial charge in [0.05, 0.1) is 0 Å². The van der Waals surface area contributed by atoms with Crippen molar-refractivity contribution >= 4 is 46.4 Å². The molecule has 0 bridgehead atoms. The van der Waals surface area contributed by atoms with Crippen LogP contribution in [0.5, 0.6) is 0 Å². The van der Waals surface area contributed by atoms with Crippen LogP contribution in [-0.4, -0.2) is 17.3 Å². The fourth-order valence-corrected chi connectivity index (χ4v) is 3.01. The van der Waals surface area contributed by atoms with Gasteiger partial charge in [-0.2, -0.15) is 0 Å². The van der Waals surface area contributed by atoms with E-state index in [1.165, 1.54) is 18.6 Å². The standard InChI is InChI=1S/C10H16N2S2.2ClH/c11-7-3-1-5-9-13-14-10-6-2-4-8-12-10;;/h2,4,6,8H,1,3,5,7,9,11H2;2*1H. The number of aromatic nitrogens is 1. The van der Waals surface area contributed by atoms with E-state index >= 15 is 0 Å². The van der Waals surface area contributed by atoms with Crippen molar-refractivity contribution in [3.8, 4) is 0 Å². The van der Waals surface area contributed by atoms with Gasteiger partial charge in [0.25, 0.3) is 0 Å². The van der Waals surface area contributed by atoms with Crippen LogP contribution < -0.4 is 5.73 Å². The van der Waals surface area contributed by atoms with E-state index in [0.717, 1.165) is 18.0 Å². The zero-order valence-corrected chi connectivity index (χ0v) is 12.3. The van der Waals surface area contributed by atoms with E-state index < -0.39 is 0 Å². The van der Waals surface area contributed by atoms with Crippen LogP contribution in [0, 0.1) is 0 Å². The fourth-order valence-electron chi connectivity index (χ4n) is 0.981. The van der Waals surface area contributed by atoms with Gasteiger partial charge in [-0.15, -0.1) is 24.8 Å². The first-order chi connectivity index (χ1) is 6.93. The summed E-state index contributed by atoms with van der Waals surface area (Å²) in [5, 5.41) is 1.09. The summed E-state index contributed by atoms with van der Waals surface area (Å²) in [4.78, 5) is 4.23. The van der Waals surface area contributed by atoms with Crippen molar-refractivity contribution < 1.29 is 0 Å². The number of pyridine rings is 1.